The van der Waals surface area contributed by atoms with Gasteiger partial charge in [-0.3, -0.25) is 14.4 Å². The van der Waals surface area contributed by atoms with Crippen LogP contribution in [0.3, 0.4) is 0 Å². The standard InChI is InChI=1S/C31H32BrClN2O6/c1-4-14-34(25-18(3)10-9-13-21(25)33)29(38)27-31-16-20(32)26(41-31)23(30(39)40-15-5-2)24(31)28(37)35(27)22(17-36)19-11-7-6-8-12-19/h4-13,20,22-24,26-27,36H,1-2,14-17H2,3H3/t20?,22-,23-,24+,26-,27?,31?/m1/s1. The lowest BCUT2D eigenvalue weighted by Crippen LogP contribution is -2.57. The van der Waals surface area contributed by atoms with Gasteiger partial charge in [-0.15, -0.1) is 6.58 Å². The Morgan fingerprint density at radius 1 is 1.24 bits per heavy atom. The number of esters is 1. The van der Waals surface area contributed by atoms with Gasteiger partial charge < -0.3 is 24.4 Å². The van der Waals surface area contributed by atoms with Crippen molar-refractivity contribution in [3.63, 3.8) is 0 Å². The minimum Gasteiger partial charge on any atom is -0.461 e. The summed E-state index contributed by atoms with van der Waals surface area (Å²) >= 11 is 10.3. The fourth-order valence-electron chi connectivity index (χ4n) is 6.75. The van der Waals surface area contributed by atoms with Crippen molar-refractivity contribution in [3.8, 4) is 0 Å². The molecule has 41 heavy (non-hydrogen) atoms. The van der Waals surface area contributed by atoms with Crippen molar-refractivity contribution in [1.29, 1.82) is 0 Å². The van der Waals surface area contributed by atoms with Gasteiger partial charge in [0.2, 0.25) is 5.91 Å². The van der Waals surface area contributed by atoms with E-state index in [1.54, 1.807) is 42.5 Å². The molecule has 1 spiro atoms. The van der Waals surface area contributed by atoms with E-state index in [0.29, 0.717) is 22.7 Å². The summed E-state index contributed by atoms with van der Waals surface area (Å²) in [6.45, 7) is 8.96. The van der Waals surface area contributed by atoms with Crippen molar-refractivity contribution in [2.24, 2.45) is 11.8 Å². The van der Waals surface area contributed by atoms with Gasteiger partial charge in [0, 0.05) is 11.4 Å². The topological polar surface area (TPSA) is 96.4 Å². The molecule has 0 radical (unpaired) electrons. The lowest BCUT2D eigenvalue weighted by atomic mass is 9.70. The summed E-state index contributed by atoms with van der Waals surface area (Å²) < 4.78 is 12.0. The average molecular weight is 644 g/mol. The number of ether oxygens (including phenoxy) is 2. The van der Waals surface area contributed by atoms with Crippen LogP contribution in [0.4, 0.5) is 5.69 Å². The molecule has 3 unspecified atom stereocenters. The van der Waals surface area contributed by atoms with E-state index < -0.39 is 60.0 Å². The van der Waals surface area contributed by atoms with E-state index in [1.807, 2.05) is 19.1 Å². The van der Waals surface area contributed by atoms with E-state index in [4.69, 9.17) is 21.1 Å². The minimum atomic E-state index is -1.35. The molecule has 216 valence electrons. The van der Waals surface area contributed by atoms with Crippen LogP contribution in [-0.2, 0) is 23.9 Å². The predicted octanol–water partition coefficient (Wildman–Crippen LogP) is 4.38. The molecule has 2 amide bonds. The Morgan fingerprint density at radius 3 is 2.61 bits per heavy atom. The molecule has 2 bridgehead atoms. The highest BCUT2D eigenvalue weighted by Crippen LogP contribution is 2.61. The number of benzene rings is 2. The van der Waals surface area contributed by atoms with Crippen LogP contribution in [0.15, 0.2) is 73.8 Å². The first-order valence-corrected chi connectivity index (χ1v) is 14.8. The molecule has 3 saturated heterocycles. The number of aliphatic hydroxyl groups excluding tert-OH is 1. The summed E-state index contributed by atoms with van der Waals surface area (Å²) in [6, 6.07) is 12.3. The molecule has 3 heterocycles. The Balaban J connectivity index is 1.68. The second-order valence-corrected chi connectivity index (χ2v) is 12.2. The maximum atomic E-state index is 14.8. The smallest absolute Gasteiger partial charge is 0.312 e. The van der Waals surface area contributed by atoms with Crippen LogP contribution in [-0.4, -0.2) is 70.1 Å². The largest absolute Gasteiger partial charge is 0.461 e. The molecule has 2 aromatic carbocycles. The van der Waals surface area contributed by atoms with Gasteiger partial charge in [-0.05, 0) is 30.5 Å². The number of anilines is 1. The number of halogens is 2. The lowest BCUT2D eigenvalue weighted by molar-refractivity contribution is -0.154. The number of rotatable bonds is 10. The monoisotopic (exact) mass is 642 g/mol. The second kappa shape index (κ2) is 11.7. The predicted molar refractivity (Wildman–Crippen MR) is 159 cm³/mol. The summed E-state index contributed by atoms with van der Waals surface area (Å²) in [5.74, 6) is -3.39. The molecule has 2 aromatic rings. The number of hydrogen-bond donors (Lipinski definition) is 1. The number of amides is 2. The van der Waals surface area contributed by atoms with Crippen molar-refractivity contribution in [3.05, 3.63) is 90.0 Å². The van der Waals surface area contributed by atoms with Gasteiger partial charge in [-0.1, -0.05) is 88.7 Å². The van der Waals surface area contributed by atoms with Gasteiger partial charge in [0.05, 0.1) is 41.3 Å². The van der Waals surface area contributed by atoms with Gasteiger partial charge in [0.25, 0.3) is 5.91 Å². The number of aliphatic hydroxyl groups is 1. The molecular weight excluding hydrogens is 612 g/mol. The van der Waals surface area contributed by atoms with E-state index in [9.17, 15) is 19.5 Å². The summed E-state index contributed by atoms with van der Waals surface area (Å²) in [5.41, 5.74) is 0.566. The van der Waals surface area contributed by atoms with Crippen LogP contribution in [0, 0.1) is 18.8 Å². The van der Waals surface area contributed by atoms with Crippen LogP contribution in [0.2, 0.25) is 5.02 Å². The van der Waals surface area contributed by atoms with Crippen molar-refractivity contribution in [2.45, 2.75) is 42.0 Å². The van der Waals surface area contributed by atoms with Crippen LogP contribution >= 0.6 is 27.5 Å². The van der Waals surface area contributed by atoms with Crippen molar-refractivity contribution < 1.29 is 29.0 Å². The molecule has 5 rings (SSSR count). The highest BCUT2D eigenvalue weighted by Gasteiger charge is 2.77. The number of carbonyl (C=O) groups excluding carboxylic acids is 3. The quantitative estimate of drug-likeness (QED) is 0.235. The summed E-state index contributed by atoms with van der Waals surface area (Å²) in [4.78, 5) is 45.3. The van der Waals surface area contributed by atoms with E-state index >= 15 is 0 Å². The summed E-state index contributed by atoms with van der Waals surface area (Å²) in [7, 11) is 0. The molecule has 3 aliphatic rings. The Bertz CT molecular complexity index is 1350. The molecule has 0 aliphatic carbocycles. The summed E-state index contributed by atoms with van der Waals surface area (Å²) in [5, 5.41) is 11.0. The van der Waals surface area contributed by atoms with Gasteiger partial charge in [-0.25, -0.2) is 0 Å². The number of aryl methyl sites for hydroxylation is 1. The fourth-order valence-corrected chi connectivity index (χ4v) is 8.02. The number of carbonyl (C=O) groups is 3. The van der Waals surface area contributed by atoms with Crippen molar-refractivity contribution in [2.75, 3.05) is 24.7 Å². The zero-order valence-electron chi connectivity index (χ0n) is 22.6. The van der Waals surface area contributed by atoms with Crippen molar-refractivity contribution >= 4 is 51.0 Å². The lowest BCUT2D eigenvalue weighted by Gasteiger charge is -2.40. The number of alkyl halides is 1. The first-order chi connectivity index (χ1) is 19.7. The van der Waals surface area contributed by atoms with Gasteiger partial charge >= 0.3 is 5.97 Å². The highest BCUT2D eigenvalue weighted by molar-refractivity contribution is 9.09. The van der Waals surface area contributed by atoms with Gasteiger partial charge in [0.15, 0.2) is 0 Å². The Morgan fingerprint density at radius 2 is 1.98 bits per heavy atom. The van der Waals surface area contributed by atoms with Crippen molar-refractivity contribution in [1.82, 2.24) is 4.90 Å². The van der Waals surface area contributed by atoms with Crippen LogP contribution in [0.1, 0.15) is 23.6 Å². The molecular formula is C31H32BrClN2O6. The maximum Gasteiger partial charge on any atom is 0.312 e. The molecule has 0 saturated carbocycles. The molecule has 1 N–H and O–H groups in total. The Kier molecular flexibility index (Phi) is 8.43. The number of fused-ring (bicyclic) bond motifs is 1. The minimum absolute atomic E-state index is 0.0167. The zero-order chi connectivity index (χ0) is 29.5. The van der Waals surface area contributed by atoms with Crippen LogP contribution in [0.5, 0.6) is 0 Å². The number of hydrogen-bond acceptors (Lipinski definition) is 6. The fraction of sp³-hybridized carbons (Fsp3) is 0.387. The maximum absolute atomic E-state index is 14.8. The number of para-hydroxylation sites is 1. The number of likely N-dealkylation sites (tertiary alicyclic amines) is 1. The van der Waals surface area contributed by atoms with E-state index in [0.717, 1.165) is 5.56 Å². The Labute approximate surface area is 252 Å². The van der Waals surface area contributed by atoms with Gasteiger partial charge in [0.1, 0.15) is 18.2 Å². The third-order valence-corrected chi connectivity index (χ3v) is 9.46. The molecule has 7 atom stereocenters. The number of nitrogens with zero attached hydrogens (tertiary/aromatic N) is 2. The average Bonchev–Trinajstić information content (AvgIpc) is 3.55. The molecule has 3 fully saturated rings. The first-order valence-electron chi connectivity index (χ1n) is 13.5. The molecule has 10 heteroatoms. The first kappa shape index (κ1) is 29.5. The molecule has 8 nitrogen and oxygen atoms in total. The third kappa shape index (κ3) is 4.73. The van der Waals surface area contributed by atoms with E-state index in [1.165, 1.54) is 15.9 Å². The zero-order valence-corrected chi connectivity index (χ0v) is 25.0. The Hall–Kier alpha value is -2.98. The summed E-state index contributed by atoms with van der Waals surface area (Å²) in [6.07, 6.45) is 2.69. The highest BCUT2D eigenvalue weighted by atomic mass is 79.9. The normalized spacial score (nSPS) is 28.7. The second-order valence-electron chi connectivity index (χ2n) is 10.6. The molecule has 0 aromatic heterocycles. The van der Waals surface area contributed by atoms with Crippen LogP contribution < -0.4 is 4.90 Å². The van der Waals surface area contributed by atoms with E-state index in [-0.39, 0.29) is 18.0 Å². The third-order valence-electron chi connectivity index (χ3n) is 8.31. The molecule has 3 aliphatic heterocycles. The van der Waals surface area contributed by atoms with Gasteiger partial charge in [-0.2, -0.15) is 0 Å². The SMILES string of the molecule is C=CCOC(=O)[C@H]1[C@@H]2OC3(CC2Br)C(C(=O)N(CC=C)c2c(C)cccc2Cl)N([C@H](CO)c2ccccc2)C(=O)[C@H]13. The van der Waals surface area contributed by atoms with E-state index in [2.05, 4.69) is 29.1 Å². The van der Waals surface area contributed by atoms with Crippen LogP contribution in [0.25, 0.3) is 0 Å².